The highest BCUT2D eigenvalue weighted by atomic mass is 15.4. The fourth-order valence-electron chi connectivity index (χ4n) is 3.06. The molecule has 1 aromatic heterocycles. The number of hydrogen-bond acceptors (Lipinski definition) is 4. The van der Waals surface area contributed by atoms with Crippen LogP contribution in [0.25, 0.3) is 11.0 Å². The standard InChI is InChI=1S/C15H17N5/c16-14-18-13(10-6-2-1-3-7-10)20-12-9-5-4-8-11(12)17-15(20)19-14/h4-6,8-9,13H,1-3,7H2,(H3,16,17,18,19)/t13-/m1/s1. The molecule has 0 bridgehead atoms. The second-order valence-electron chi connectivity index (χ2n) is 5.33. The smallest absolute Gasteiger partial charge is 0.212 e. The van der Waals surface area contributed by atoms with Crippen LogP contribution >= 0.6 is 0 Å². The van der Waals surface area contributed by atoms with E-state index in [-0.39, 0.29) is 6.17 Å². The summed E-state index contributed by atoms with van der Waals surface area (Å²) in [4.78, 5) is 9.22. The number of para-hydroxylation sites is 2. The number of nitrogens with one attached hydrogen (secondary N) is 1. The van der Waals surface area contributed by atoms with Crippen LogP contribution in [0, 0.1) is 0 Å². The molecule has 0 amide bonds. The summed E-state index contributed by atoms with van der Waals surface area (Å²) in [7, 11) is 0. The van der Waals surface area contributed by atoms with Crippen LogP contribution in [0.2, 0.25) is 0 Å². The zero-order chi connectivity index (χ0) is 13.5. The van der Waals surface area contributed by atoms with Gasteiger partial charge in [0.1, 0.15) is 0 Å². The summed E-state index contributed by atoms with van der Waals surface area (Å²) in [5.41, 5.74) is 9.35. The number of nitrogens with zero attached hydrogens (tertiary/aromatic N) is 3. The molecule has 1 aliphatic carbocycles. The normalized spacial score (nSPS) is 21.9. The summed E-state index contributed by atoms with van der Waals surface area (Å²) in [6.07, 6.45) is 7.00. The maximum Gasteiger partial charge on any atom is 0.212 e. The van der Waals surface area contributed by atoms with Crippen molar-refractivity contribution in [1.29, 1.82) is 0 Å². The first-order valence-electron chi connectivity index (χ1n) is 7.09. The van der Waals surface area contributed by atoms with Crippen molar-refractivity contribution in [2.75, 3.05) is 5.32 Å². The van der Waals surface area contributed by atoms with Crippen LogP contribution in [0.5, 0.6) is 0 Å². The summed E-state index contributed by atoms with van der Waals surface area (Å²) in [5.74, 6) is 1.24. The zero-order valence-electron chi connectivity index (χ0n) is 11.2. The number of imidazole rings is 1. The van der Waals surface area contributed by atoms with Crippen LogP contribution in [0.15, 0.2) is 40.9 Å². The molecule has 20 heavy (non-hydrogen) atoms. The first kappa shape index (κ1) is 11.5. The molecule has 0 spiro atoms. The second kappa shape index (κ2) is 4.37. The lowest BCUT2D eigenvalue weighted by atomic mass is 9.97. The number of rotatable bonds is 1. The van der Waals surface area contributed by atoms with E-state index in [0.29, 0.717) is 5.96 Å². The van der Waals surface area contributed by atoms with Crippen LogP contribution in [-0.4, -0.2) is 15.5 Å². The highest BCUT2D eigenvalue weighted by Gasteiger charge is 2.26. The molecule has 1 aliphatic heterocycles. The van der Waals surface area contributed by atoms with Crippen LogP contribution in [-0.2, 0) is 0 Å². The minimum Gasteiger partial charge on any atom is -0.370 e. The largest absolute Gasteiger partial charge is 0.370 e. The number of anilines is 1. The molecule has 2 aliphatic rings. The Morgan fingerprint density at radius 1 is 1.25 bits per heavy atom. The first-order valence-corrected chi connectivity index (χ1v) is 7.09. The molecule has 0 fully saturated rings. The van der Waals surface area contributed by atoms with Crippen LogP contribution < -0.4 is 11.1 Å². The van der Waals surface area contributed by atoms with Crippen molar-refractivity contribution >= 4 is 22.9 Å². The predicted molar refractivity (Wildman–Crippen MR) is 80.6 cm³/mol. The fraction of sp³-hybridized carbons (Fsp3) is 0.333. The molecule has 5 nitrogen and oxygen atoms in total. The summed E-state index contributed by atoms with van der Waals surface area (Å²) >= 11 is 0. The van der Waals surface area contributed by atoms with Crippen molar-refractivity contribution in [3.8, 4) is 0 Å². The van der Waals surface area contributed by atoms with Crippen LogP contribution in [0.3, 0.4) is 0 Å². The fourth-order valence-corrected chi connectivity index (χ4v) is 3.06. The number of nitrogens with two attached hydrogens (primary N) is 1. The molecular formula is C15H17N5. The van der Waals surface area contributed by atoms with Gasteiger partial charge in [-0.05, 0) is 43.4 Å². The van der Waals surface area contributed by atoms with E-state index >= 15 is 0 Å². The lowest BCUT2D eigenvalue weighted by Crippen LogP contribution is -2.32. The highest BCUT2D eigenvalue weighted by molar-refractivity contribution is 5.94. The monoisotopic (exact) mass is 267 g/mol. The van der Waals surface area contributed by atoms with Gasteiger partial charge in [0, 0.05) is 0 Å². The van der Waals surface area contributed by atoms with Crippen LogP contribution in [0.1, 0.15) is 31.8 Å². The van der Waals surface area contributed by atoms with Gasteiger partial charge >= 0.3 is 0 Å². The van der Waals surface area contributed by atoms with Crippen molar-refractivity contribution in [3.63, 3.8) is 0 Å². The number of fused-ring (bicyclic) bond motifs is 3. The molecule has 0 unspecified atom stereocenters. The van der Waals surface area contributed by atoms with Gasteiger partial charge in [0.15, 0.2) is 12.1 Å². The molecule has 0 radical (unpaired) electrons. The molecule has 2 aromatic rings. The topological polar surface area (TPSA) is 68.2 Å². The molecule has 4 rings (SSSR count). The maximum atomic E-state index is 5.93. The van der Waals surface area contributed by atoms with Crippen molar-refractivity contribution in [1.82, 2.24) is 9.55 Å². The van der Waals surface area contributed by atoms with Gasteiger partial charge in [-0.3, -0.25) is 9.88 Å². The Labute approximate surface area is 117 Å². The van der Waals surface area contributed by atoms with E-state index in [0.717, 1.165) is 29.8 Å². The van der Waals surface area contributed by atoms with Crippen molar-refractivity contribution in [3.05, 3.63) is 35.9 Å². The number of allylic oxidation sites excluding steroid dienone is 1. The third kappa shape index (κ3) is 1.70. The van der Waals surface area contributed by atoms with Gasteiger partial charge < -0.3 is 5.73 Å². The summed E-state index contributed by atoms with van der Waals surface area (Å²) in [6, 6.07) is 8.14. The Hall–Kier alpha value is -2.30. The van der Waals surface area contributed by atoms with E-state index < -0.39 is 0 Å². The summed E-state index contributed by atoms with van der Waals surface area (Å²) < 4.78 is 2.16. The molecule has 3 N–H and O–H groups in total. The van der Waals surface area contributed by atoms with Gasteiger partial charge in [-0.2, -0.15) is 0 Å². The zero-order valence-corrected chi connectivity index (χ0v) is 11.2. The lowest BCUT2D eigenvalue weighted by Gasteiger charge is -2.27. The molecule has 1 atom stereocenters. The number of aromatic nitrogens is 2. The Bertz CT molecular complexity index is 725. The van der Waals surface area contributed by atoms with E-state index in [4.69, 9.17) is 5.73 Å². The third-order valence-electron chi connectivity index (χ3n) is 4.00. The number of guanidine groups is 1. The molecule has 5 heteroatoms. The Morgan fingerprint density at radius 3 is 3.00 bits per heavy atom. The Kier molecular flexibility index (Phi) is 2.52. The second-order valence-corrected chi connectivity index (χ2v) is 5.33. The number of hydrogen-bond donors (Lipinski definition) is 2. The molecule has 102 valence electrons. The molecule has 0 saturated heterocycles. The van der Waals surface area contributed by atoms with Gasteiger partial charge in [0.05, 0.1) is 11.0 Å². The molecule has 0 saturated carbocycles. The Balaban J connectivity index is 1.91. The minimum absolute atomic E-state index is 0.0426. The number of benzene rings is 1. The van der Waals surface area contributed by atoms with Crippen molar-refractivity contribution < 1.29 is 0 Å². The van der Waals surface area contributed by atoms with E-state index in [1.807, 2.05) is 18.2 Å². The van der Waals surface area contributed by atoms with E-state index in [2.05, 4.69) is 32.0 Å². The van der Waals surface area contributed by atoms with E-state index in [1.165, 1.54) is 18.4 Å². The molecule has 2 heterocycles. The molecular weight excluding hydrogens is 250 g/mol. The Morgan fingerprint density at radius 2 is 2.15 bits per heavy atom. The predicted octanol–water partition coefficient (Wildman–Crippen LogP) is 2.78. The van der Waals surface area contributed by atoms with Crippen molar-refractivity contribution in [2.24, 2.45) is 10.7 Å². The van der Waals surface area contributed by atoms with Crippen molar-refractivity contribution in [2.45, 2.75) is 31.8 Å². The quantitative estimate of drug-likeness (QED) is 0.781. The van der Waals surface area contributed by atoms with Gasteiger partial charge in [-0.1, -0.05) is 18.2 Å². The van der Waals surface area contributed by atoms with Gasteiger partial charge in [-0.15, -0.1) is 0 Å². The van der Waals surface area contributed by atoms with E-state index in [9.17, 15) is 0 Å². The van der Waals surface area contributed by atoms with Crippen LogP contribution in [0.4, 0.5) is 5.95 Å². The summed E-state index contributed by atoms with van der Waals surface area (Å²) in [6.45, 7) is 0. The SMILES string of the molecule is NC1=N[C@@H](C2=CCCCC2)n2c(nc3ccccc32)N1. The number of aliphatic imine (C=N–C) groups is 1. The summed E-state index contributed by atoms with van der Waals surface area (Å²) in [5, 5.41) is 3.07. The molecule has 1 aromatic carbocycles. The minimum atomic E-state index is -0.0426. The third-order valence-corrected chi connectivity index (χ3v) is 4.00. The maximum absolute atomic E-state index is 5.93. The average Bonchev–Trinajstić information content (AvgIpc) is 2.85. The highest BCUT2D eigenvalue weighted by Crippen LogP contribution is 2.35. The van der Waals surface area contributed by atoms with Gasteiger partial charge in [-0.25, -0.2) is 9.98 Å². The van der Waals surface area contributed by atoms with E-state index in [1.54, 1.807) is 0 Å². The average molecular weight is 267 g/mol. The first-order chi connectivity index (χ1) is 9.83. The van der Waals surface area contributed by atoms with Gasteiger partial charge in [0.25, 0.3) is 0 Å². The lowest BCUT2D eigenvalue weighted by molar-refractivity contribution is 0.553. The van der Waals surface area contributed by atoms with Gasteiger partial charge in [0.2, 0.25) is 5.95 Å².